The fourth-order valence-corrected chi connectivity index (χ4v) is 4.85. The van der Waals surface area contributed by atoms with Gasteiger partial charge in [-0.05, 0) is 42.3 Å². The maximum atomic E-state index is 13.7. The van der Waals surface area contributed by atoms with Crippen LogP contribution in [0.15, 0.2) is 34.9 Å². The largest absolute Gasteiger partial charge is 0.448 e. The molecule has 5 rings (SSSR count). The summed E-state index contributed by atoms with van der Waals surface area (Å²) in [7, 11) is 0. The predicted molar refractivity (Wildman–Crippen MR) is 116 cm³/mol. The number of aromatic nitrogens is 3. The van der Waals surface area contributed by atoms with Crippen LogP contribution < -0.4 is 5.32 Å². The Bertz CT molecular complexity index is 1220. The molecule has 1 aromatic carbocycles. The Kier molecular flexibility index (Phi) is 6.80. The van der Waals surface area contributed by atoms with E-state index in [0.29, 0.717) is 12.2 Å². The minimum absolute atomic E-state index is 0.0370. The molecule has 2 aliphatic heterocycles. The lowest BCUT2D eigenvalue weighted by Crippen LogP contribution is -2.68. The van der Waals surface area contributed by atoms with Crippen molar-refractivity contribution in [1.29, 1.82) is 0 Å². The van der Waals surface area contributed by atoms with Crippen molar-refractivity contribution in [3.8, 4) is 11.3 Å². The summed E-state index contributed by atoms with van der Waals surface area (Å²) in [4.78, 5) is 0. The summed E-state index contributed by atoms with van der Waals surface area (Å²) in [6.45, 7) is -0.179. The van der Waals surface area contributed by atoms with E-state index in [4.69, 9.17) is 25.5 Å². The maximum Gasteiger partial charge on any atom is 0.213 e. The molecule has 2 aliphatic rings. The number of rotatable bonds is 6. The van der Waals surface area contributed by atoms with Crippen LogP contribution >= 0.6 is 11.6 Å². The number of nitrogens with one attached hydrogen (secondary N) is 1. The first-order chi connectivity index (χ1) is 17.2. The average molecular weight is 531 g/mol. The van der Waals surface area contributed by atoms with Crippen molar-refractivity contribution in [2.24, 2.45) is 0 Å². The van der Waals surface area contributed by atoms with Crippen LogP contribution in [0.1, 0.15) is 18.2 Å². The number of hydrogen-bond acceptors (Lipinski definition) is 9. The number of halogens is 4. The third kappa shape index (κ3) is 4.30. The zero-order valence-corrected chi connectivity index (χ0v) is 19.3. The molecule has 0 radical (unpaired) electrons. The van der Waals surface area contributed by atoms with Gasteiger partial charge in [-0.3, -0.25) is 0 Å². The van der Waals surface area contributed by atoms with Crippen LogP contribution in [0, 0.1) is 17.5 Å². The fourth-order valence-electron chi connectivity index (χ4n) is 4.69. The normalized spacial score (nSPS) is 30.4. The average Bonchev–Trinajstić information content (AvgIpc) is 3.59. The van der Waals surface area contributed by atoms with Crippen LogP contribution in [0.2, 0.25) is 5.22 Å². The van der Waals surface area contributed by atoms with E-state index in [1.165, 1.54) is 6.20 Å². The molecule has 3 aromatic rings. The van der Waals surface area contributed by atoms with E-state index < -0.39 is 60.2 Å². The minimum Gasteiger partial charge on any atom is -0.448 e. The summed E-state index contributed by atoms with van der Waals surface area (Å²) >= 11 is 5.82. The van der Waals surface area contributed by atoms with Crippen molar-refractivity contribution in [1.82, 2.24) is 20.3 Å². The van der Waals surface area contributed by atoms with Gasteiger partial charge < -0.3 is 34.5 Å². The van der Waals surface area contributed by atoms with Crippen molar-refractivity contribution < 1.29 is 42.4 Å². The van der Waals surface area contributed by atoms with Gasteiger partial charge >= 0.3 is 0 Å². The Morgan fingerprint density at radius 3 is 2.61 bits per heavy atom. The smallest absolute Gasteiger partial charge is 0.213 e. The van der Waals surface area contributed by atoms with E-state index in [-0.39, 0.29) is 29.6 Å². The molecule has 0 unspecified atom stereocenters. The van der Waals surface area contributed by atoms with Crippen LogP contribution in [0.3, 0.4) is 0 Å². The lowest BCUT2D eigenvalue weighted by molar-refractivity contribution is -0.345. The highest BCUT2D eigenvalue weighted by Crippen LogP contribution is 2.43. The number of aliphatic hydroxyl groups excluding tert-OH is 3. The van der Waals surface area contributed by atoms with E-state index in [9.17, 15) is 28.5 Å². The maximum absolute atomic E-state index is 13.7. The molecule has 0 aliphatic carbocycles. The molecule has 4 N–H and O–H groups in total. The Hall–Kier alpha value is -2.52. The molecule has 6 atom stereocenters. The highest BCUT2D eigenvalue weighted by Gasteiger charge is 2.61. The highest BCUT2D eigenvalue weighted by atomic mass is 35.5. The van der Waals surface area contributed by atoms with Crippen LogP contribution in [0.25, 0.3) is 11.3 Å². The zero-order valence-electron chi connectivity index (χ0n) is 18.5. The molecule has 2 saturated heterocycles. The van der Waals surface area contributed by atoms with E-state index in [1.54, 1.807) is 12.1 Å². The van der Waals surface area contributed by atoms with Gasteiger partial charge in [0.05, 0.1) is 32.0 Å². The summed E-state index contributed by atoms with van der Waals surface area (Å²) in [6.07, 6.45) is -2.50. The molecule has 2 fully saturated rings. The first-order valence-corrected chi connectivity index (χ1v) is 11.4. The second kappa shape index (κ2) is 9.74. The lowest BCUT2D eigenvalue weighted by atomic mass is 9.86. The number of aliphatic hydroxyl groups is 3. The summed E-state index contributed by atoms with van der Waals surface area (Å²) < 4.78 is 59.0. The Balaban J connectivity index is 1.45. The van der Waals surface area contributed by atoms with E-state index >= 15 is 0 Å². The van der Waals surface area contributed by atoms with Gasteiger partial charge in [0.25, 0.3) is 0 Å². The molecule has 36 heavy (non-hydrogen) atoms. The fraction of sp³-hybridized carbons (Fsp3) is 0.455. The number of hydrogen-bond donors (Lipinski definition) is 4. The summed E-state index contributed by atoms with van der Waals surface area (Å²) in [6, 6.07) is 2.94. The third-order valence-electron chi connectivity index (χ3n) is 6.45. The SMILES string of the molecule is OC[C@H]1O[C@]2(OCC[C@H]2NCc2ccc(Cl)o2)[C@H](O)[C@@H](n2cc(-c3cc(F)c(F)c(F)c3)nn2)[C@H]1O. The van der Waals surface area contributed by atoms with Crippen LogP contribution in [0.5, 0.6) is 0 Å². The zero-order chi connectivity index (χ0) is 25.6. The van der Waals surface area contributed by atoms with Crippen LogP contribution in [-0.4, -0.2) is 73.7 Å². The van der Waals surface area contributed by atoms with Crippen molar-refractivity contribution in [2.45, 2.75) is 49.1 Å². The van der Waals surface area contributed by atoms with E-state index in [0.717, 1.165) is 16.8 Å². The van der Waals surface area contributed by atoms with E-state index in [1.807, 2.05) is 0 Å². The topological polar surface area (TPSA) is 135 Å². The predicted octanol–water partition coefficient (Wildman–Crippen LogP) is 1.54. The Morgan fingerprint density at radius 2 is 1.94 bits per heavy atom. The third-order valence-corrected chi connectivity index (χ3v) is 6.65. The molecule has 0 bridgehead atoms. The van der Waals surface area contributed by atoms with Gasteiger partial charge in [-0.15, -0.1) is 5.10 Å². The van der Waals surface area contributed by atoms with Gasteiger partial charge in [-0.2, -0.15) is 0 Å². The van der Waals surface area contributed by atoms with Crippen molar-refractivity contribution in [3.63, 3.8) is 0 Å². The summed E-state index contributed by atoms with van der Waals surface area (Å²) in [5, 5.41) is 43.3. The van der Waals surface area contributed by atoms with Crippen LogP contribution in [-0.2, 0) is 16.0 Å². The number of nitrogens with zero attached hydrogens (tertiary/aromatic N) is 3. The molecule has 2 aromatic heterocycles. The minimum atomic E-state index is -1.69. The Morgan fingerprint density at radius 1 is 1.19 bits per heavy atom. The summed E-state index contributed by atoms with van der Waals surface area (Å²) in [5.74, 6) is -5.59. The molecule has 194 valence electrons. The van der Waals surface area contributed by atoms with Gasteiger partial charge in [-0.25, -0.2) is 17.9 Å². The number of ether oxygens (including phenoxy) is 2. The molecular weight excluding hydrogens is 509 g/mol. The van der Waals surface area contributed by atoms with Crippen molar-refractivity contribution in [2.75, 3.05) is 13.2 Å². The van der Waals surface area contributed by atoms with Crippen molar-refractivity contribution in [3.05, 3.63) is 58.9 Å². The molecule has 1 spiro atoms. The molecular formula is C22H22ClF3N4O6. The van der Waals surface area contributed by atoms with E-state index in [2.05, 4.69) is 15.6 Å². The monoisotopic (exact) mass is 530 g/mol. The molecule has 10 nitrogen and oxygen atoms in total. The quantitative estimate of drug-likeness (QED) is 0.350. The van der Waals surface area contributed by atoms with Crippen LogP contribution in [0.4, 0.5) is 13.2 Å². The van der Waals surface area contributed by atoms with Gasteiger partial charge in [0.1, 0.15) is 35.8 Å². The first-order valence-electron chi connectivity index (χ1n) is 11.1. The van der Waals surface area contributed by atoms with Crippen molar-refractivity contribution >= 4 is 11.6 Å². The molecule has 14 heteroatoms. The standard InChI is InChI=1S/C22H22ClF3N4O6/c23-17-2-1-11(35-17)7-27-16-3-4-34-22(16)21(33)19(20(32)15(9-31)36-22)30-8-14(28-29-30)10-5-12(24)18(26)13(25)6-10/h1-2,5-6,8,15-16,19-21,27,31-33H,3-4,7,9H2/t15-,16-,19+,20+,21-,22+/m1/s1. The van der Waals surface area contributed by atoms with Gasteiger partial charge in [0, 0.05) is 5.56 Å². The summed E-state index contributed by atoms with van der Waals surface area (Å²) in [5.41, 5.74) is -0.138. The highest BCUT2D eigenvalue weighted by molar-refractivity contribution is 6.28. The molecule has 0 saturated carbocycles. The Labute approximate surface area is 207 Å². The number of benzene rings is 1. The lowest BCUT2D eigenvalue weighted by Gasteiger charge is -2.49. The number of furan rings is 1. The second-order valence-corrected chi connectivity index (χ2v) is 8.97. The first kappa shape index (κ1) is 25.1. The molecule has 4 heterocycles. The van der Waals surface area contributed by atoms with Gasteiger partial charge in [0.2, 0.25) is 5.79 Å². The van der Waals surface area contributed by atoms with Gasteiger partial charge in [0.15, 0.2) is 22.7 Å². The molecule has 0 amide bonds. The van der Waals surface area contributed by atoms with Gasteiger partial charge in [-0.1, -0.05) is 5.21 Å². The second-order valence-electron chi connectivity index (χ2n) is 8.60.